The number of aromatic nitrogens is 1. The quantitative estimate of drug-likeness (QED) is 0.688. The molecule has 0 saturated carbocycles. The average molecular weight is 303 g/mol. The monoisotopic (exact) mass is 301 g/mol. The molecule has 0 aliphatic heterocycles. The fraction of sp³-hybridized carbons (Fsp3) is 0. The molecule has 0 bridgehead atoms. The second-order valence-corrected chi connectivity index (χ2v) is 4.67. The highest BCUT2D eigenvalue weighted by atomic mass is 79.9. The highest BCUT2D eigenvalue weighted by molar-refractivity contribution is 9.10. The van der Waals surface area contributed by atoms with Crippen LogP contribution in [0.3, 0.4) is 0 Å². The van der Waals surface area contributed by atoms with Crippen molar-refractivity contribution in [2.75, 3.05) is 0 Å². The van der Waals surface area contributed by atoms with Gasteiger partial charge in [0.2, 0.25) is 0 Å². The molecule has 0 N–H and O–H groups in total. The molecule has 0 unspecified atom stereocenters. The summed E-state index contributed by atoms with van der Waals surface area (Å²) in [5.74, 6) is 0. The molecule has 0 amide bonds. The summed E-state index contributed by atoms with van der Waals surface area (Å²) in [4.78, 5) is 3.97. The summed E-state index contributed by atoms with van der Waals surface area (Å²) in [5.41, 5.74) is 2.06. The standard InChI is InChI=1S/C11H6BrCl2N/c12-10-6-15-11(14)5-9(10)7-1-3-8(13)4-2-7/h1-6H. The third-order valence-electron chi connectivity index (χ3n) is 1.98. The minimum absolute atomic E-state index is 0.475. The zero-order valence-corrected chi connectivity index (χ0v) is 10.6. The molecule has 1 nitrogen and oxygen atoms in total. The summed E-state index contributed by atoms with van der Waals surface area (Å²) >= 11 is 15.1. The number of pyridine rings is 1. The summed E-state index contributed by atoms with van der Waals surface area (Å²) in [6.45, 7) is 0. The maximum atomic E-state index is 5.84. The first-order chi connectivity index (χ1) is 7.16. The molecule has 15 heavy (non-hydrogen) atoms. The average Bonchev–Trinajstić information content (AvgIpc) is 2.23. The Hall–Kier alpha value is -0.570. The molecular formula is C11H6BrCl2N. The number of nitrogens with zero attached hydrogens (tertiary/aromatic N) is 1. The van der Waals surface area contributed by atoms with Crippen LogP contribution in [0, 0.1) is 0 Å². The Morgan fingerprint density at radius 3 is 2.40 bits per heavy atom. The maximum Gasteiger partial charge on any atom is 0.129 e. The van der Waals surface area contributed by atoms with Crippen LogP contribution in [-0.2, 0) is 0 Å². The Kier molecular flexibility index (Phi) is 3.29. The zero-order valence-electron chi connectivity index (χ0n) is 7.55. The van der Waals surface area contributed by atoms with E-state index in [1.807, 2.05) is 30.3 Å². The van der Waals surface area contributed by atoms with Crippen molar-refractivity contribution in [3.8, 4) is 11.1 Å². The van der Waals surface area contributed by atoms with Gasteiger partial charge in [-0.2, -0.15) is 0 Å². The summed E-state index contributed by atoms with van der Waals surface area (Å²) in [5, 5.41) is 1.19. The Labute approximate surface area is 106 Å². The van der Waals surface area contributed by atoms with Crippen LogP contribution >= 0.6 is 39.1 Å². The van der Waals surface area contributed by atoms with Gasteiger partial charge in [-0.1, -0.05) is 35.3 Å². The minimum atomic E-state index is 0.475. The van der Waals surface area contributed by atoms with E-state index in [4.69, 9.17) is 23.2 Å². The van der Waals surface area contributed by atoms with E-state index in [0.717, 1.165) is 20.6 Å². The van der Waals surface area contributed by atoms with Crippen molar-refractivity contribution in [1.29, 1.82) is 0 Å². The molecule has 76 valence electrons. The molecule has 0 fully saturated rings. The van der Waals surface area contributed by atoms with Crippen LogP contribution in [0.15, 0.2) is 41.0 Å². The topological polar surface area (TPSA) is 12.9 Å². The molecule has 2 rings (SSSR count). The summed E-state index contributed by atoms with van der Waals surface area (Å²) in [6.07, 6.45) is 1.69. The Morgan fingerprint density at radius 2 is 1.73 bits per heavy atom. The number of hydrogen-bond donors (Lipinski definition) is 0. The summed E-state index contributed by atoms with van der Waals surface area (Å²) in [7, 11) is 0. The van der Waals surface area contributed by atoms with Crippen LogP contribution in [0.4, 0.5) is 0 Å². The van der Waals surface area contributed by atoms with Crippen LogP contribution in [0.25, 0.3) is 11.1 Å². The fourth-order valence-corrected chi connectivity index (χ4v) is 1.99. The molecule has 0 saturated heterocycles. The number of rotatable bonds is 1. The van der Waals surface area contributed by atoms with Gasteiger partial charge < -0.3 is 0 Å². The number of benzene rings is 1. The molecule has 2 aromatic rings. The Bertz CT molecular complexity index is 482. The fourth-order valence-electron chi connectivity index (χ4n) is 1.26. The molecule has 0 aliphatic carbocycles. The van der Waals surface area contributed by atoms with Gasteiger partial charge in [-0.05, 0) is 39.7 Å². The lowest BCUT2D eigenvalue weighted by atomic mass is 10.1. The van der Waals surface area contributed by atoms with E-state index in [2.05, 4.69) is 20.9 Å². The largest absolute Gasteiger partial charge is 0.243 e. The third kappa shape index (κ3) is 2.51. The molecule has 1 aromatic heterocycles. The zero-order chi connectivity index (χ0) is 10.8. The van der Waals surface area contributed by atoms with Crippen LogP contribution in [-0.4, -0.2) is 4.98 Å². The van der Waals surface area contributed by atoms with Crippen molar-refractivity contribution in [1.82, 2.24) is 4.98 Å². The second-order valence-electron chi connectivity index (χ2n) is 2.99. The predicted octanol–water partition coefficient (Wildman–Crippen LogP) is 4.82. The van der Waals surface area contributed by atoms with Gasteiger partial charge in [0, 0.05) is 21.3 Å². The molecule has 0 spiro atoms. The van der Waals surface area contributed by atoms with E-state index in [0.29, 0.717) is 5.15 Å². The minimum Gasteiger partial charge on any atom is -0.243 e. The second kappa shape index (κ2) is 4.52. The van der Waals surface area contributed by atoms with Gasteiger partial charge in [0.25, 0.3) is 0 Å². The normalized spacial score (nSPS) is 10.3. The molecule has 0 radical (unpaired) electrons. The van der Waals surface area contributed by atoms with Crippen molar-refractivity contribution >= 4 is 39.1 Å². The van der Waals surface area contributed by atoms with Gasteiger partial charge in [-0.15, -0.1) is 0 Å². The Balaban J connectivity index is 2.53. The van der Waals surface area contributed by atoms with Crippen molar-refractivity contribution in [2.45, 2.75) is 0 Å². The van der Waals surface area contributed by atoms with Gasteiger partial charge in [0.05, 0.1) is 0 Å². The molecule has 1 heterocycles. The molecule has 0 aliphatic rings. The smallest absolute Gasteiger partial charge is 0.129 e. The van der Waals surface area contributed by atoms with Crippen LogP contribution in [0.1, 0.15) is 0 Å². The Morgan fingerprint density at radius 1 is 1.07 bits per heavy atom. The lowest BCUT2D eigenvalue weighted by Gasteiger charge is -2.04. The molecule has 4 heteroatoms. The van der Waals surface area contributed by atoms with E-state index in [9.17, 15) is 0 Å². The molecule has 1 aromatic carbocycles. The van der Waals surface area contributed by atoms with E-state index in [-0.39, 0.29) is 0 Å². The van der Waals surface area contributed by atoms with Crippen molar-refractivity contribution < 1.29 is 0 Å². The van der Waals surface area contributed by atoms with Crippen molar-refractivity contribution in [3.63, 3.8) is 0 Å². The van der Waals surface area contributed by atoms with Gasteiger partial charge in [0.15, 0.2) is 0 Å². The molecular weight excluding hydrogens is 297 g/mol. The number of hydrogen-bond acceptors (Lipinski definition) is 1. The highest BCUT2D eigenvalue weighted by Crippen LogP contribution is 2.30. The van der Waals surface area contributed by atoms with E-state index in [1.165, 1.54) is 0 Å². The summed E-state index contributed by atoms with van der Waals surface area (Å²) in [6, 6.07) is 9.39. The van der Waals surface area contributed by atoms with Crippen molar-refractivity contribution in [2.24, 2.45) is 0 Å². The van der Waals surface area contributed by atoms with Gasteiger partial charge in [0.1, 0.15) is 5.15 Å². The van der Waals surface area contributed by atoms with Gasteiger partial charge >= 0.3 is 0 Å². The van der Waals surface area contributed by atoms with E-state index >= 15 is 0 Å². The van der Waals surface area contributed by atoms with Crippen molar-refractivity contribution in [3.05, 3.63) is 51.2 Å². The predicted molar refractivity (Wildman–Crippen MR) is 67.4 cm³/mol. The first-order valence-corrected chi connectivity index (χ1v) is 5.79. The SMILES string of the molecule is Clc1ccc(-c2cc(Cl)ncc2Br)cc1. The summed E-state index contributed by atoms with van der Waals surface area (Å²) < 4.78 is 0.911. The first-order valence-electron chi connectivity index (χ1n) is 4.24. The van der Waals surface area contributed by atoms with E-state index < -0.39 is 0 Å². The first kappa shape index (κ1) is 10.9. The van der Waals surface area contributed by atoms with Gasteiger partial charge in [-0.25, -0.2) is 4.98 Å². The van der Waals surface area contributed by atoms with Gasteiger partial charge in [-0.3, -0.25) is 0 Å². The highest BCUT2D eigenvalue weighted by Gasteiger charge is 2.04. The number of halogens is 3. The van der Waals surface area contributed by atoms with Crippen LogP contribution in [0.5, 0.6) is 0 Å². The molecule has 0 atom stereocenters. The maximum absolute atomic E-state index is 5.84. The third-order valence-corrected chi connectivity index (χ3v) is 3.07. The van der Waals surface area contributed by atoms with Crippen LogP contribution in [0.2, 0.25) is 10.2 Å². The lowest BCUT2D eigenvalue weighted by molar-refractivity contribution is 1.31. The van der Waals surface area contributed by atoms with E-state index in [1.54, 1.807) is 6.20 Å². The van der Waals surface area contributed by atoms with Crippen LogP contribution < -0.4 is 0 Å². The lowest BCUT2D eigenvalue weighted by Crippen LogP contribution is -1.82.